The van der Waals surface area contributed by atoms with Gasteiger partial charge in [-0.2, -0.15) is 0 Å². The van der Waals surface area contributed by atoms with Gasteiger partial charge in [0.15, 0.2) is 0 Å². The van der Waals surface area contributed by atoms with Crippen molar-refractivity contribution in [2.45, 2.75) is 45.7 Å². The largest absolute Gasteiger partial charge is 0.497 e. The standard InChI is InChI=1S/C22H27N3O2/c1-4-5-8-15-25-20-10-7-6-9-19(20)24-21(25)16(2)23-22(26)17-11-13-18(27-3)14-12-17/h6-7,9-14,16H,4-5,8,15H2,1-3H3,(H,23,26). The third kappa shape index (κ3) is 4.30. The summed E-state index contributed by atoms with van der Waals surface area (Å²) in [6.45, 7) is 5.09. The van der Waals surface area contributed by atoms with Gasteiger partial charge in [-0.3, -0.25) is 4.79 Å². The SMILES string of the molecule is CCCCCn1c(C(C)NC(=O)c2ccc(OC)cc2)nc2ccccc21. The van der Waals surface area contributed by atoms with E-state index in [9.17, 15) is 4.79 Å². The maximum Gasteiger partial charge on any atom is 0.251 e. The molecule has 1 heterocycles. The van der Waals surface area contributed by atoms with E-state index in [1.165, 1.54) is 12.8 Å². The van der Waals surface area contributed by atoms with E-state index in [1.54, 1.807) is 31.4 Å². The lowest BCUT2D eigenvalue weighted by molar-refractivity contribution is 0.0937. The lowest BCUT2D eigenvalue weighted by Gasteiger charge is -2.16. The predicted octanol–water partition coefficient (Wildman–Crippen LogP) is 4.73. The highest BCUT2D eigenvalue weighted by molar-refractivity contribution is 5.94. The third-order valence-corrected chi connectivity index (χ3v) is 4.76. The lowest BCUT2D eigenvalue weighted by atomic mass is 10.2. The molecule has 1 amide bonds. The number of fused-ring (bicyclic) bond motifs is 1. The lowest BCUT2D eigenvalue weighted by Crippen LogP contribution is -2.28. The van der Waals surface area contributed by atoms with E-state index >= 15 is 0 Å². The van der Waals surface area contributed by atoms with Crippen molar-refractivity contribution >= 4 is 16.9 Å². The highest BCUT2D eigenvalue weighted by atomic mass is 16.5. The second-order valence-electron chi connectivity index (χ2n) is 6.74. The quantitative estimate of drug-likeness (QED) is 0.587. The molecule has 1 atom stereocenters. The first-order valence-electron chi connectivity index (χ1n) is 9.54. The minimum Gasteiger partial charge on any atom is -0.497 e. The van der Waals surface area contributed by atoms with Crippen LogP contribution in [0, 0.1) is 0 Å². The normalized spacial score (nSPS) is 12.1. The van der Waals surface area contributed by atoms with Gasteiger partial charge in [-0.05, 0) is 49.7 Å². The van der Waals surface area contributed by atoms with E-state index in [4.69, 9.17) is 9.72 Å². The second kappa shape index (κ2) is 8.71. The van der Waals surface area contributed by atoms with Crippen molar-refractivity contribution in [3.05, 3.63) is 59.9 Å². The first kappa shape index (κ1) is 19.0. The minimum absolute atomic E-state index is 0.114. The summed E-state index contributed by atoms with van der Waals surface area (Å²) >= 11 is 0. The summed E-state index contributed by atoms with van der Waals surface area (Å²) in [5.74, 6) is 1.52. The van der Waals surface area contributed by atoms with Crippen LogP contribution in [0.4, 0.5) is 0 Å². The third-order valence-electron chi connectivity index (χ3n) is 4.76. The predicted molar refractivity (Wildman–Crippen MR) is 108 cm³/mol. The average molecular weight is 365 g/mol. The summed E-state index contributed by atoms with van der Waals surface area (Å²) in [6, 6.07) is 15.1. The monoisotopic (exact) mass is 365 g/mol. The first-order chi connectivity index (χ1) is 13.1. The number of hydrogen-bond donors (Lipinski definition) is 1. The number of methoxy groups -OCH3 is 1. The summed E-state index contributed by atoms with van der Waals surface area (Å²) in [7, 11) is 1.61. The number of para-hydroxylation sites is 2. The molecule has 3 rings (SSSR count). The molecule has 5 heteroatoms. The molecule has 0 aliphatic heterocycles. The van der Waals surface area contributed by atoms with Gasteiger partial charge >= 0.3 is 0 Å². The minimum atomic E-state index is -0.186. The van der Waals surface area contributed by atoms with Crippen molar-refractivity contribution in [3.8, 4) is 5.75 Å². The first-order valence-corrected chi connectivity index (χ1v) is 9.54. The van der Waals surface area contributed by atoms with Gasteiger partial charge in [-0.1, -0.05) is 31.9 Å². The Morgan fingerprint density at radius 1 is 1.15 bits per heavy atom. The molecule has 27 heavy (non-hydrogen) atoms. The number of ether oxygens (including phenoxy) is 1. The number of benzene rings is 2. The summed E-state index contributed by atoms with van der Waals surface area (Å²) in [5, 5.41) is 3.08. The Morgan fingerprint density at radius 2 is 1.89 bits per heavy atom. The molecule has 142 valence electrons. The molecule has 3 aromatic rings. The number of nitrogens with zero attached hydrogens (tertiary/aromatic N) is 2. The van der Waals surface area contributed by atoms with Crippen molar-refractivity contribution in [1.29, 1.82) is 0 Å². The zero-order valence-electron chi connectivity index (χ0n) is 16.2. The molecule has 0 saturated heterocycles. The van der Waals surface area contributed by atoms with E-state index < -0.39 is 0 Å². The van der Waals surface area contributed by atoms with Crippen LogP contribution in [-0.4, -0.2) is 22.6 Å². The number of aromatic nitrogens is 2. The van der Waals surface area contributed by atoms with Gasteiger partial charge in [0.05, 0.1) is 24.2 Å². The van der Waals surface area contributed by atoms with Crippen LogP contribution in [0.1, 0.15) is 55.3 Å². The fraction of sp³-hybridized carbons (Fsp3) is 0.364. The molecule has 5 nitrogen and oxygen atoms in total. The van der Waals surface area contributed by atoms with Crippen LogP contribution in [0.3, 0.4) is 0 Å². The van der Waals surface area contributed by atoms with Gasteiger partial charge in [-0.15, -0.1) is 0 Å². The van der Waals surface area contributed by atoms with Gasteiger partial charge in [0.25, 0.3) is 5.91 Å². The van der Waals surface area contributed by atoms with Gasteiger partial charge in [-0.25, -0.2) is 4.98 Å². The van der Waals surface area contributed by atoms with Crippen LogP contribution in [0.25, 0.3) is 11.0 Å². The summed E-state index contributed by atoms with van der Waals surface area (Å²) in [5.41, 5.74) is 2.69. The maximum absolute atomic E-state index is 12.6. The van der Waals surface area contributed by atoms with Crippen LogP contribution in [-0.2, 0) is 6.54 Å². The van der Waals surface area contributed by atoms with Crippen LogP contribution >= 0.6 is 0 Å². The van der Waals surface area contributed by atoms with Crippen LogP contribution in [0.5, 0.6) is 5.75 Å². The Hall–Kier alpha value is -2.82. The number of imidazole rings is 1. The maximum atomic E-state index is 12.6. The van der Waals surface area contributed by atoms with E-state index in [0.717, 1.165) is 35.6 Å². The van der Waals surface area contributed by atoms with Gasteiger partial charge in [0.2, 0.25) is 0 Å². The zero-order valence-corrected chi connectivity index (χ0v) is 16.2. The van der Waals surface area contributed by atoms with Crippen molar-refractivity contribution in [1.82, 2.24) is 14.9 Å². The Bertz CT molecular complexity index is 900. The van der Waals surface area contributed by atoms with Crippen molar-refractivity contribution in [2.24, 2.45) is 0 Å². The molecule has 1 unspecified atom stereocenters. The Balaban J connectivity index is 1.82. The Labute approximate surface area is 160 Å². The molecule has 0 spiro atoms. The number of carbonyl (C=O) groups is 1. The summed E-state index contributed by atoms with van der Waals surface area (Å²) < 4.78 is 7.39. The van der Waals surface area contributed by atoms with E-state index in [2.05, 4.69) is 22.9 Å². The molecule has 0 aliphatic rings. The number of amides is 1. The molecule has 0 fully saturated rings. The van der Waals surface area contributed by atoms with Gasteiger partial charge in [0.1, 0.15) is 11.6 Å². The molecule has 1 aromatic heterocycles. The van der Waals surface area contributed by atoms with Crippen LogP contribution in [0.15, 0.2) is 48.5 Å². The molecule has 2 aromatic carbocycles. The number of nitrogens with one attached hydrogen (secondary N) is 1. The number of unbranched alkanes of at least 4 members (excludes halogenated alkanes) is 2. The number of aryl methyl sites for hydroxylation is 1. The van der Waals surface area contributed by atoms with Gasteiger partial charge < -0.3 is 14.6 Å². The summed E-state index contributed by atoms with van der Waals surface area (Å²) in [4.78, 5) is 17.4. The smallest absolute Gasteiger partial charge is 0.251 e. The zero-order chi connectivity index (χ0) is 19.2. The number of rotatable bonds is 8. The molecule has 0 bridgehead atoms. The highest BCUT2D eigenvalue weighted by Crippen LogP contribution is 2.22. The molecular formula is C22H27N3O2. The van der Waals surface area contributed by atoms with Gasteiger partial charge in [0, 0.05) is 12.1 Å². The number of carbonyl (C=O) groups excluding carboxylic acids is 1. The molecule has 0 aliphatic carbocycles. The topological polar surface area (TPSA) is 56.2 Å². The van der Waals surface area contributed by atoms with Crippen molar-refractivity contribution < 1.29 is 9.53 Å². The van der Waals surface area contributed by atoms with Crippen molar-refractivity contribution in [2.75, 3.05) is 7.11 Å². The van der Waals surface area contributed by atoms with E-state index in [0.29, 0.717) is 5.56 Å². The molecule has 1 N–H and O–H groups in total. The fourth-order valence-corrected chi connectivity index (χ4v) is 3.27. The second-order valence-corrected chi connectivity index (χ2v) is 6.74. The summed E-state index contributed by atoms with van der Waals surface area (Å²) in [6.07, 6.45) is 3.45. The fourth-order valence-electron chi connectivity index (χ4n) is 3.27. The average Bonchev–Trinajstić information content (AvgIpc) is 3.07. The molecule has 0 radical (unpaired) electrons. The van der Waals surface area contributed by atoms with Crippen LogP contribution < -0.4 is 10.1 Å². The Kier molecular flexibility index (Phi) is 6.12. The van der Waals surface area contributed by atoms with Crippen molar-refractivity contribution in [3.63, 3.8) is 0 Å². The Morgan fingerprint density at radius 3 is 2.59 bits per heavy atom. The molecular weight excluding hydrogens is 338 g/mol. The highest BCUT2D eigenvalue weighted by Gasteiger charge is 2.19. The molecule has 0 saturated carbocycles. The number of hydrogen-bond acceptors (Lipinski definition) is 3. The van der Waals surface area contributed by atoms with Crippen LogP contribution in [0.2, 0.25) is 0 Å². The van der Waals surface area contributed by atoms with E-state index in [-0.39, 0.29) is 11.9 Å². The van der Waals surface area contributed by atoms with E-state index in [1.807, 2.05) is 25.1 Å².